The fraction of sp³-hybridized carbons (Fsp3) is 0.200. The fourth-order valence-electron chi connectivity index (χ4n) is 1.60. The minimum Gasteiger partial charge on any atom is -0.497 e. The van der Waals surface area contributed by atoms with Crippen LogP contribution >= 0.6 is 0 Å². The third-order valence-corrected chi connectivity index (χ3v) is 2.81. The van der Waals surface area contributed by atoms with Crippen LogP contribution in [0.15, 0.2) is 46.3 Å². The molecule has 1 aromatic carbocycles. The molecule has 1 amide bonds. The Morgan fingerprint density at radius 2 is 2.04 bits per heavy atom. The average molecular weight is 316 g/mol. The number of hydrogen-bond donors (Lipinski definition) is 1. The van der Waals surface area contributed by atoms with E-state index < -0.39 is 5.91 Å². The minimum atomic E-state index is -0.439. The van der Waals surface area contributed by atoms with Crippen molar-refractivity contribution in [1.82, 2.24) is 15.2 Å². The zero-order valence-corrected chi connectivity index (χ0v) is 12.7. The lowest BCUT2D eigenvalue weighted by molar-refractivity contribution is -0.123. The number of ether oxygens (including phenoxy) is 2. The van der Waals surface area contributed by atoms with Crippen molar-refractivity contribution in [2.24, 2.45) is 12.1 Å². The molecule has 0 fully saturated rings. The lowest BCUT2D eigenvalue weighted by atomic mass is 10.2. The van der Waals surface area contributed by atoms with Gasteiger partial charge in [-0.15, -0.1) is 5.10 Å². The molecule has 0 atom stereocenters. The second-order valence-corrected chi connectivity index (χ2v) is 4.49. The first-order chi connectivity index (χ1) is 11.1. The monoisotopic (exact) mass is 316 g/mol. The summed E-state index contributed by atoms with van der Waals surface area (Å²) in [7, 11) is 3.08. The first kappa shape index (κ1) is 16.2. The van der Waals surface area contributed by atoms with Crippen molar-refractivity contribution in [2.45, 2.75) is 0 Å². The summed E-state index contributed by atoms with van der Waals surface area (Å²) in [6.07, 6.45) is 1.50. The van der Waals surface area contributed by atoms with Gasteiger partial charge in [-0.2, -0.15) is 5.10 Å². The number of amides is 1. The van der Waals surface area contributed by atoms with Gasteiger partial charge in [-0.3, -0.25) is 9.59 Å². The van der Waals surface area contributed by atoms with E-state index in [0.717, 1.165) is 16.0 Å². The topological polar surface area (TPSA) is 94.8 Å². The van der Waals surface area contributed by atoms with Crippen LogP contribution in [-0.4, -0.2) is 35.6 Å². The van der Waals surface area contributed by atoms with Crippen molar-refractivity contribution in [3.63, 3.8) is 0 Å². The molecule has 0 aliphatic rings. The van der Waals surface area contributed by atoms with Crippen LogP contribution in [-0.2, 0) is 11.8 Å². The van der Waals surface area contributed by atoms with E-state index in [1.807, 2.05) is 0 Å². The van der Waals surface area contributed by atoms with Crippen LogP contribution in [0.25, 0.3) is 0 Å². The zero-order valence-electron chi connectivity index (χ0n) is 12.7. The summed E-state index contributed by atoms with van der Waals surface area (Å²) in [4.78, 5) is 22.8. The number of benzene rings is 1. The van der Waals surface area contributed by atoms with Gasteiger partial charge in [0, 0.05) is 19.2 Å². The van der Waals surface area contributed by atoms with Gasteiger partial charge >= 0.3 is 0 Å². The molecule has 1 N–H and O–H groups in total. The summed E-state index contributed by atoms with van der Waals surface area (Å²) in [6, 6.07) is 9.90. The van der Waals surface area contributed by atoms with Crippen LogP contribution in [0.1, 0.15) is 5.56 Å². The van der Waals surface area contributed by atoms with Crippen LogP contribution in [0.3, 0.4) is 0 Å². The maximum Gasteiger partial charge on any atom is 0.278 e. The van der Waals surface area contributed by atoms with E-state index in [4.69, 9.17) is 9.47 Å². The van der Waals surface area contributed by atoms with E-state index in [-0.39, 0.29) is 18.0 Å². The molecule has 0 unspecified atom stereocenters. The predicted molar refractivity (Wildman–Crippen MR) is 83.7 cm³/mol. The number of carbonyl (C=O) groups excluding carboxylic acids is 1. The molecule has 120 valence electrons. The normalized spacial score (nSPS) is 10.5. The second kappa shape index (κ2) is 7.74. The van der Waals surface area contributed by atoms with Gasteiger partial charge in [-0.05, 0) is 29.8 Å². The minimum absolute atomic E-state index is 0.182. The molecule has 0 spiro atoms. The molecule has 0 bridgehead atoms. The highest BCUT2D eigenvalue weighted by molar-refractivity contribution is 5.83. The Morgan fingerprint density at radius 3 is 2.70 bits per heavy atom. The summed E-state index contributed by atoms with van der Waals surface area (Å²) < 4.78 is 11.3. The predicted octanol–water partition coefficient (Wildman–Crippen LogP) is 0.318. The molecule has 0 aliphatic heterocycles. The van der Waals surface area contributed by atoms with Gasteiger partial charge in [-0.1, -0.05) is 0 Å². The summed E-state index contributed by atoms with van der Waals surface area (Å²) in [5.74, 6) is 0.483. The van der Waals surface area contributed by atoms with Crippen molar-refractivity contribution in [3.05, 3.63) is 52.3 Å². The molecule has 2 aromatic rings. The number of nitrogens with zero attached hydrogens (tertiary/aromatic N) is 3. The quantitative estimate of drug-likeness (QED) is 0.612. The fourth-order valence-corrected chi connectivity index (χ4v) is 1.60. The van der Waals surface area contributed by atoms with Crippen molar-refractivity contribution >= 4 is 12.1 Å². The first-order valence-corrected chi connectivity index (χ1v) is 6.71. The Balaban J connectivity index is 1.81. The van der Waals surface area contributed by atoms with E-state index in [1.165, 1.54) is 25.4 Å². The van der Waals surface area contributed by atoms with Crippen LogP contribution in [0.4, 0.5) is 0 Å². The van der Waals surface area contributed by atoms with Crippen molar-refractivity contribution in [3.8, 4) is 11.6 Å². The highest BCUT2D eigenvalue weighted by Crippen LogP contribution is 2.09. The Hall–Kier alpha value is -3.16. The highest BCUT2D eigenvalue weighted by Gasteiger charge is 2.03. The lowest BCUT2D eigenvalue weighted by Gasteiger charge is -2.04. The Bertz CT molecular complexity index is 753. The average Bonchev–Trinajstić information content (AvgIpc) is 2.56. The molecule has 0 saturated carbocycles. The Kier molecular flexibility index (Phi) is 5.45. The molecule has 23 heavy (non-hydrogen) atoms. The highest BCUT2D eigenvalue weighted by atomic mass is 16.5. The van der Waals surface area contributed by atoms with Gasteiger partial charge < -0.3 is 9.47 Å². The second-order valence-electron chi connectivity index (χ2n) is 4.49. The van der Waals surface area contributed by atoms with Crippen molar-refractivity contribution in [1.29, 1.82) is 0 Å². The van der Waals surface area contributed by atoms with E-state index in [2.05, 4.69) is 15.6 Å². The SMILES string of the molecule is COc1ccc(/C=N/NC(=O)COc2ccc(=O)n(C)n2)cc1. The maximum absolute atomic E-state index is 11.6. The molecule has 0 saturated heterocycles. The van der Waals surface area contributed by atoms with Crippen LogP contribution < -0.4 is 20.5 Å². The number of aromatic nitrogens is 2. The lowest BCUT2D eigenvalue weighted by Crippen LogP contribution is -2.26. The molecule has 1 heterocycles. The first-order valence-electron chi connectivity index (χ1n) is 6.71. The van der Waals surface area contributed by atoms with Gasteiger partial charge in [0.15, 0.2) is 6.61 Å². The summed E-state index contributed by atoms with van der Waals surface area (Å²) in [5, 5.41) is 7.66. The number of hydrazone groups is 1. The van der Waals surface area contributed by atoms with Crippen molar-refractivity contribution < 1.29 is 14.3 Å². The van der Waals surface area contributed by atoms with Gasteiger partial charge in [0.05, 0.1) is 13.3 Å². The van der Waals surface area contributed by atoms with Crippen LogP contribution in [0.2, 0.25) is 0 Å². The third kappa shape index (κ3) is 4.95. The summed E-state index contributed by atoms with van der Waals surface area (Å²) in [5.41, 5.74) is 2.89. The Labute approximate surface area is 132 Å². The number of hydrogen-bond acceptors (Lipinski definition) is 6. The molecular formula is C15H16N4O4. The standard InChI is InChI=1S/C15H16N4O4/c1-19-15(21)8-7-14(18-19)23-10-13(20)17-16-9-11-3-5-12(22-2)6-4-11/h3-9H,10H2,1-2H3,(H,17,20)/b16-9+. The molecule has 0 radical (unpaired) electrons. The van der Waals surface area contributed by atoms with E-state index in [1.54, 1.807) is 31.4 Å². The number of rotatable bonds is 6. The molecule has 0 aliphatic carbocycles. The Morgan fingerprint density at radius 1 is 1.30 bits per heavy atom. The molecule has 2 rings (SSSR count). The number of carbonyl (C=O) groups is 1. The van der Waals surface area contributed by atoms with Gasteiger partial charge in [0.1, 0.15) is 5.75 Å². The maximum atomic E-state index is 11.6. The zero-order chi connectivity index (χ0) is 16.7. The number of nitrogens with one attached hydrogen (secondary N) is 1. The molecule has 8 nitrogen and oxygen atoms in total. The molecule has 8 heteroatoms. The number of methoxy groups -OCH3 is 1. The largest absolute Gasteiger partial charge is 0.497 e. The van der Waals surface area contributed by atoms with Crippen LogP contribution in [0.5, 0.6) is 11.6 Å². The van der Waals surface area contributed by atoms with Gasteiger partial charge in [-0.25, -0.2) is 10.1 Å². The smallest absolute Gasteiger partial charge is 0.278 e. The van der Waals surface area contributed by atoms with E-state index in [0.29, 0.717) is 0 Å². The van der Waals surface area contributed by atoms with Gasteiger partial charge in [0.2, 0.25) is 5.88 Å². The third-order valence-electron chi connectivity index (χ3n) is 2.81. The molecule has 1 aromatic heterocycles. The van der Waals surface area contributed by atoms with Gasteiger partial charge in [0.25, 0.3) is 11.5 Å². The van der Waals surface area contributed by atoms with E-state index in [9.17, 15) is 9.59 Å². The van der Waals surface area contributed by atoms with Crippen LogP contribution in [0, 0.1) is 0 Å². The summed E-state index contributed by atoms with van der Waals surface area (Å²) >= 11 is 0. The summed E-state index contributed by atoms with van der Waals surface area (Å²) in [6.45, 7) is -0.259. The van der Waals surface area contributed by atoms with Crippen molar-refractivity contribution in [2.75, 3.05) is 13.7 Å². The van der Waals surface area contributed by atoms with E-state index >= 15 is 0 Å². The molecular weight excluding hydrogens is 300 g/mol. The number of aryl methyl sites for hydroxylation is 1.